The van der Waals surface area contributed by atoms with E-state index in [0.29, 0.717) is 12.5 Å². The molecule has 2 aromatic rings. The highest BCUT2D eigenvalue weighted by molar-refractivity contribution is 6.22. The van der Waals surface area contributed by atoms with E-state index in [4.69, 9.17) is 0 Å². The summed E-state index contributed by atoms with van der Waals surface area (Å²) in [4.78, 5) is 53.8. The number of imide groups is 1. The second kappa shape index (κ2) is 8.45. The summed E-state index contributed by atoms with van der Waals surface area (Å²) in [5.74, 6) is -7.02. The van der Waals surface area contributed by atoms with Crippen molar-refractivity contribution in [3.8, 4) is 0 Å². The van der Waals surface area contributed by atoms with Gasteiger partial charge in [0.1, 0.15) is 6.54 Å². The van der Waals surface area contributed by atoms with Crippen LogP contribution in [0.25, 0.3) is 0 Å². The summed E-state index contributed by atoms with van der Waals surface area (Å²) in [6, 6.07) is 7.87. The van der Waals surface area contributed by atoms with Gasteiger partial charge in [0.05, 0.1) is 16.7 Å². The van der Waals surface area contributed by atoms with Crippen molar-refractivity contribution in [2.45, 2.75) is 6.42 Å². The lowest BCUT2D eigenvalue weighted by Gasteiger charge is -2.24. The molecule has 2 aliphatic rings. The van der Waals surface area contributed by atoms with Gasteiger partial charge in [-0.25, -0.2) is 13.2 Å². The molecule has 0 bridgehead atoms. The zero-order valence-electron chi connectivity index (χ0n) is 16.8. The Balaban J connectivity index is 1.41. The molecule has 0 aromatic heterocycles. The Morgan fingerprint density at radius 3 is 2.03 bits per heavy atom. The van der Waals surface area contributed by atoms with Crippen LogP contribution in [-0.2, 0) is 4.79 Å². The molecule has 0 spiro atoms. The summed E-state index contributed by atoms with van der Waals surface area (Å²) in [6.45, 7) is 0.113. The minimum Gasteiger partial charge on any atom is -0.339 e. The Bertz CT molecular complexity index is 1100. The molecule has 1 saturated heterocycles. The molecule has 7 nitrogen and oxygen atoms in total. The zero-order chi connectivity index (χ0) is 23.0. The maximum absolute atomic E-state index is 14.0. The van der Waals surface area contributed by atoms with Crippen LogP contribution < -0.4 is 0 Å². The number of nitrogens with zero attached hydrogens (tertiary/aromatic N) is 3. The van der Waals surface area contributed by atoms with E-state index in [-0.39, 0.29) is 37.3 Å². The van der Waals surface area contributed by atoms with Gasteiger partial charge >= 0.3 is 0 Å². The average molecular weight is 445 g/mol. The Morgan fingerprint density at radius 2 is 1.38 bits per heavy atom. The van der Waals surface area contributed by atoms with E-state index in [1.54, 1.807) is 12.1 Å². The number of carbonyl (C=O) groups excluding carboxylic acids is 4. The van der Waals surface area contributed by atoms with Crippen LogP contribution >= 0.6 is 0 Å². The molecule has 2 aromatic carbocycles. The van der Waals surface area contributed by atoms with Crippen molar-refractivity contribution in [1.29, 1.82) is 0 Å². The van der Waals surface area contributed by atoms with Gasteiger partial charge in [-0.1, -0.05) is 12.1 Å². The zero-order valence-corrected chi connectivity index (χ0v) is 16.8. The fourth-order valence-electron chi connectivity index (χ4n) is 3.85. The van der Waals surface area contributed by atoms with Crippen LogP contribution in [0.4, 0.5) is 13.2 Å². The number of benzene rings is 2. The molecular formula is C22H18F3N3O4. The normalized spacial score (nSPS) is 16.3. The Hall–Kier alpha value is -3.69. The van der Waals surface area contributed by atoms with Crippen molar-refractivity contribution in [2.75, 3.05) is 32.7 Å². The number of carbonyl (C=O) groups is 4. The van der Waals surface area contributed by atoms with E-state index in [0.717, 1.165) is 11.0 Å². The molecule has 0 N–H and O–H groups in total. The van der Waals surface area contributed by atoms with Crippen molar-refractivity contribution >= 4 is 23.6 Å². The maximum Gasteiger partial charge on any atom is 0.262 e. The fraction of sp³-hybridized carbons (Fsp3) is 0.273. The quantitative estimate of drug-likeness (QED) is 0.536. The van der Waals surface area contributed by atoms with Crippen LogP contribution in [0.5, 0.6) is 0 Å². The first-order valence-corrected chi connectivity index (χ1v) is 9.95. The lowest BCUT2D eigenvalue weighted by molar-refractivity contribution is -0.131. The van der Waals surface area contributed by atoms with Crippen LogP contribution in [0.3, 0.4) is 0 Å². The summed E-state index contributed by atoms with van der Waals surface area (Å²) >= 11 is 0. The summed E-state index contributed by atoms with van der Waals surface area (Å²) in [6.07, 6.45) is 0.352. The minimum atomic E-state index is -1.72. The van der Waals surface area contributed by atoms with Gasteiger partial charge in [0.15, 0.2) is 17.5 Å². The van der Waals surface area contributed by atoms with Crippen molar-refractivity contribution in [3.63, 3.8) is 0 Å². The smallest absolute Gasteiger partial charge is 0.262 e. The topological polar surface area (TPSA) is 78.0 Å². The van der Waals surface area contributed by atoms with Crippen molar-refractivity contribution in [1.82, 2.24) is 14.7 Å². The lowest BCUT2D eigenvalue weighted by Crippen LogP contribution is -2.44. The molecule has 32 heavy (non-hydrogen) atoms. The van der Waals surface area contributed by atoms with E-state index in [1.165, 1.54) is 21.9 Å². The van der Waals surface area contributed by atoms with Crippen LogP contribution in [0.1, 0.15) is 37.5 Å². The molecule has 4 rings (SSSR count). The standard InChI is InChI=1S/C22H18F3N3O4/c23-16-7-6-15(18(24)19(16)25)20(30)27-9-3-8-26(10-11-27)17(29)12-28-21(31)13-4-1-2-5-14(13)22(28)32/h1-2,4-7H,3,8-12H2. The Morgan fingerprint density at radius 1 is 0.781 bits per heavy atom. The van der Waals surface area contributed by atoms with Crippen molar-refractivity contribution < 1.29 is 32.3 Å². The summed E-state index contributed by atoms with van der Waals surface area (Å²) in [5, 5.41) is 0. The molecule has 0 saturated carbocycles. The molecule has 0 unspecified atom stereocenters. The average Bonchev–Trinajstić information content (AvgIpc) is 2.96. The summed E-state index contributed by atoms with van der Waals surface area (Å²) in [7, 11) is 0. The molecule has 1 fully saturated rings. The highest BCUT2D eigenvalue weighted by Crippen LogP contribution is 2.23. The number of fused-ring (bicyclic) bond motifs is 1. The monoisotopic (exact) mass is 445 g/mol. The first-order valence-electron chi connectivity index (χ1n) is 9.95. The molecule has 4 amide bonds. The predicted molar refractivity (Wildman–Crippen MR) is 105 cm³/mol. The number of halogens is 3. The van der Waals surface area contributed by atoms with Gasteiger partial charge in [-0.05, 0) is 30.7 Å². The highest BCUT2D eigenvalue weighted by atomic mass is 19.2. The third-order valence-electron chi connectivity index (χ3n) is 5.57. The summed E-state index contributed by atoms with van der Waals surface area (Å²) < 4.78 is 40.6. The Labute approximate surface area is 181 Å². The molecular weight excluding hydrogens is 427 g/mol. The van der Waals surface area contributed by atoms with E-state index < -0.39 is 53.2 Å². The number of hydrogen-bond acceptors (Lipinski definition) is 4. The van der Waals surface area contributed by atoms with Crippen molar-refractivity contribution in [3.05, 3.63) is 70.5 Å². The van der Waals surface area contributed by atoms with Gasteiger partial charge in [0, 0.05) is 26.2 Å². The SMILES string of the molecule is O=C(CN1C(=O)c2ccccc2C1=O)N1CCCN(C(=O)c2ccc(F)c(F)c2F)CC1. The highest BCUT2D eigenvalue weighted by Gasteiger charge is 2.37. The largest absolute Gasteiger partial charge is 0.339 e. The van der Waals surface area contributed by atoms with E-state index in [2.05, 4.69) is 0 Å². The number of rotatable bonds is 3. The van der Waals surface area contributed by atoms with E-state index in [9.17, 15) is 32.3 Å². The van der Waals surface area contributed by atoms with Gasteiger partial charge in [0.2, 0.25) is 5.91 Å². The second-order valence-corrected chi connectivity index (χ2v) is 7.49. The molecule has 2 heterocycles. The predicted octanol–water partition coefficient (Wildman–Crippen LogP) is 2.07. The van der Waals surface area contributed by atoms with Gasteiger partial charge in [-0.15, -0.1) is 0 Å². The third-order valence-corrected chi connectivity index (χ3v) is 5.57. The lowest BCUT2D eigenvalue weighted by atomic mass is 10.1. The molecule has 0 radical (unpaired) electrons. The third kappa shape index (κ3) is 3.72. The van der Waals surface area contributed by atoms with Gasteiger partial charge in [-0.2, -0.15) is 0 Å². The summed E-state index contributed by atoms with van der Waals surface area (Å²) in [5.41, 5.74) is -0.104. The molecule has 0 aliphatic carbocycles. The number of hydrogen-bond donors (Lipinski definition) is 0. The fourth-order valence-corrected chi connectivity index (χ4v) is 3.85. The second-order valence-electron chi connectivity index (χ2n) is 7.49. The van der Waals surface area contributed by atoms with E-state index in [1.807, 2.05) is 0 Å². The van der Waals surface area contributed by atoms with Crippen LogP contribution in [0.2, 0.25) is 0 Å². The minimum absolute atomic E-state index is 0.0329. The van der Waals surface area contributed by atoms with Gasteiger partial charge in [-0.3, -0.25) is 24.1 Å². The number of amides is 4. The van der Waals surface area contributed by atoms with Crippen LogP contribution in [-0.4, -0.2) is 71.1 Å². The first kappa shape index (κ1) is 21.5. The molecule has 166 valence electrons. The van der Waals surface area contributed by atoms with Gasteiger partial charge in [0.25, 0.3) is 17.7 Å². The van der Waals surface area contributed by atoms with Crippen molar-refractivity contribution in [2.24, 2.45) is 0 Å². The van der Waals surface area contributed by atoms with Crippen LogP contribution in [0, 0.1) is 17.5 Å². The molecule has 0 atom stereocenters. The van der Waals surface area contributed by atoms with Gasteiger partial charge < -0.3 is 9.80 Å². The van der Waals surface area contributed by atoms with Crippen LogP contribution in [0.15, 0.2) is 36.4 Å². The first-order chi connectivity index (χ1) is 15.3. The Kier molecular flexibility index (Phi) is 5.68. The molecule has 10 heteroatoms. The van der Waals surface area contributed by atoms with E-state index >= 15 is 0 Å². The molecule has 2 aliphatic heterocycles. The maximum atomic E-state index is 14.0.